The van der Waals surface area contributed by atoms with Crippen molar-refractivity contribution in [3.63, 3.8) is 0 Å². The lowest BCUT2D eigenvalue weighted by molar-refractivity contribution is -0.117. The van der Waals surface area contributed by atoms with E-state index in [1.54, 1.807) is 29.8 Å². The number of benzene rings is 1. The van der Waals surface area contributed by atoms with Gasteiger partial charge in [-0.25, -0.2) is 4.72 Å². The summed E-state index contributed by atoms with van der Waals surface area (Å²) in [6.07, 6.45) is 0.284. The first-order valence-corrected chi connectivity index (χ1v) is 11.4. The fraction of sp³-hybridized carbons (Fsp3) is 0.444. The van der Waals surface area contributed by atoms with E-state index in [0.717, 1.165) is 16.7 Å². The molecule has 0 unspecified atom stereocenters. The number of amides is 2. The van der Waals surface area contributed by atoms with Gasteiger partial charge in [0, 0.05) is 56.5 Å². The first kappa shape index (κ1) is 22.8. The van der Waals surface area contributed by atoms with Gasteiger partial charge in [0.1, 0.15) is 5.69 Å². The second-order valence-electron chi connectivity index (χ2n) is 7.22. The molecule has 164 valence electrons. The summed E-state index contributed by atoms with van der Waals surface area (Å²) in [5.74, 6) is -1.60. The zero-order valence-corrected chi connectivity index (χ0v) is 18.7. The fourth-order valence-corrected chi connectivity index (χ4v) is 5.25. The number of nitrogens with zero attached hydrogens (tertiary/aromatic N) is 2. The van der Waals surface area contributed by atoms with Crippen LogP contribution in [-0.2, 0) is 22.1 Å². The molecule has 2 atom stereocenters. The van der Waals surface area contributed by atoms with Crippen molar-refractivity contribution in [3.8, 4) is 0 Å². The van der Waals surface area contributed by atoms with Gasteiger partial charge >= 0.3 is 10.2 Å². The molecular formula is C18H22Cl2N4O5S. The average Bonchev–Trinajstić information content (AvgIpc) is 3.01. The average molecular weight is 477 g/mol. The predicted molar refractivity (Wildman–Crippen MR) is 114 cm³/mol. The summed E-state index contributed by atoms with van der Waals surface area (Å²) in [7, 11) is -2.25. The molecule has 1 aliphatic heterocycles. The Kier molecular flexibility index (Phi) is 6.63. The van der Waals surface area contributed by atoms with Gasteiger partial charge in [0.05, 0.1) is 10.0 Å². The molecule has 1 aromatic heterocycles. The first-order chi connectivity index (χ1) is 14.0. The summed E-state index contributed by atoms with van der Waals surface area (Å²) in [6, 6.07) is 4.62. The molecule has 1 saturated heterocycles. The SMILES string of the molecule is CC(=O)NS(=O)(=O)N1CC[C@@H](NC(=O)c2cc3c(Cl)c(Cl)ccc3n2C)[C@@H](CO)C1. The number of hydrogen-bond donors (Lipinski definition) is 3. The Hall–Kier alpha value is -1.85. The fourth-order valence-electron chi connectivity index (χ4n) is 3.65. The van der Waals surface area contributed by atoms with Crippen molar-refractivity contribution in [2.24, 2.45) is 13.0 Å². The molecule has 2 aromatic rings. The number of aromatic nitrogens is 1. The smallest absolute Gasteiger partial charge is 0.303 e. The zero-order valence-electron chi connectivity index (χ0n) is 16.4. The maximum atomic E-state index is 12.9. The second kappa shape index (κ2) is 8.72. The van der Waals surface area contributed by atoms with Gasteiger partial charge < -0.3 is 15.0 Å². The van der Waals surface area contributed by atoms with Crippen LogP contribution in [0.2, 0.25) is 10.0 Å². The largest absolute Gasteiger partial charge is 0.396 e. The maximum Gasteiger partial charge on any atom is 0.303 e. The molecule has 0 spiro atoms. The van der Waals surface area contributed by atoms with E-state index in [2.05, 4.69) is 5.32 Å². The van der Waals surface area contributed by atoms with Gasteiger partial charge in [-0.3, -0.25) is 9.59 Å². The summed E-state index contributed by atoms with van der Waals surface area (Å²) in [5, 5.41) is 14.0. The highest BCUT2D eigenvalue weighted by atomic mass is 35.5. The highest BCUT2D eigenvalue weighted by Gasteiger charge is 2.36. The predicted octanol–water partition coefficient (Wildman–Crippen LogP) is 1.28. The van der Waals surface area contributed by atoms with Gasteiger partial charge in [-0.2, -0.15) is 12.7 Å². The third-order valence-electron chi connectivity index (χ3n) is 5.21. The van der Waals surface area contributed by atoms with Crippen molar-refractivity contribution in [2.75, 3.05) is 19.7 Å². The minimum atomic E-state index is -3.98. The lowest BCUT2D eigenvalue weighted by atomic mass is 9.94. The van der Waals surface area contributed by atoms with Crippen LogP contribution in [-0.4, -0.2) is 59.9 Å². The van der Waals surface area contributed by atoms with Crippen LogP contribution in [0.15, 0.2) is 18.2 Å². The van der Waals surface area contributed by atoms with Crippen LogP contribution in [0.3, 0.4) is 0 Å². The highest BCUT2D eigenvalue weighted by Crippen LogP contribution is 2.32. The van der Waals surface area contributed by atoms with Crippen LogP contribution in [0, 0.1) is 5.92 Å². The molecule has 0 radical (unpaired) electrons. The van der Waals surface area contributed by atoms with E-state index < -0.39 is 28.1 Å². The van der Waals surface area contributed by atoms with Crippen LogP contribution < -0.4 is 10.0 Å². The number of aliphatic hydroxyl groups excluding tert-OH is 1. The van der Waals surface area contributed by atoms with E-state index >= 15 is 0 Å². The number of aliphatic hydroxyl groups is 1. The van der Waals surface area contributed by atoms with E-state index in [4.69, 9.17) is 23.2 Å². The lowest BCUT2D eigenvalue weighted by Gasteiger charge is -2.37. The topological polar surface area (TPSA) is 121 Å². The summed E-state index contributed by atoms with van der Waals surface area (Å²) < 4.78 is 29.1. The number of hydrogen-bond acceptors (Lipinski definition) is 5. The molecule has 3 N–H and O–H groups in total. The Bertz CT molecular complexity index is 1100. The number of fused-ring (bicyclic) bond motifs is 1. The molecule has 1 fully saturated rings. The third-order valence-corrected chi connectivity index (χ3v) is 7.58. The Labute approximate surface area is 184 Å². The quantitative estimate of drug-likeness (QED) is 0.599. The molecule has 30 heavy (non-hydrogen) atoms. The molecular weight excluding hydrogens is 455 g/mol. The molecule has 12 heteroatoms. The summed E-state index contributed by atoms with van der Waals surface area (Å²) in [5.41, 5.74) is 1.10. The monoisotopic (exact) mass is 476 g/mol. The summed E-state index contributed by atoms with van der Waals surface area (Å²) >= 11 is 12.3. The van der Waals surface area contributed by atoms with Gasteiger partial charge in [0.15, 0.2) is 0 Å². The van der Waals surface area contributed by atoms with Crippen LogP contribution >= 0.6 is 23.2 Å². The molecule has 0 bridgehead atoms. The summed E-state index contributed by atoms with van der Waals surface area (Å²) in [4.78, 5) is 24.0. The van der Waals surface area contributed by atoms with Gasteiger partial charge in [0.2, 0.25) is 5.91 Å². The third kappa shape index (κ3) is 4.42. The maximum absolute atomic E-state index is 12.9. The Balaban J connectivity index is 1.78. The van der Waals surface area contributed by atoms with Crippen molar-refractivity contribution in [1.29, 1.82) is 0 Å². The number of piperidine rings is 1. The second-order valence-corrected chi connectivity index (χ2v) is 9.67. The zero-order chi connectivity index (χ0) is 22.2. The van der Waals surface area contributed by atoms with Crippen molar-refractivity contribution >= 4 is 56.1 Å². The number of nitrogens with one attached hydrogen (secondary N) is 2. The summed E-state index contributed by atoms with van der Waals surface area (Å²) in [6.45, 7) is 0.853. The number of carbonyl (C=O) groups excluding carboxylic acids is 2. The van der Waals surface area contributed by atoms with Crippen molar-refractivity contribution in [2.45, 2.75) is 19.4 Å². The molecule has 9 nitrogen and oxygen atoms in total. The van der Waals surface area contributed by atoms with Crippen molar-refractivity contribution in [3.05, 3.63) is 33.9 Å². The van der Waals surface area contributed by atoms with Crippen LogP contribution in [0.25, 0.3) is 10.9 Å². The minimum absolute atomic E-state index is 0.0272. The molecule has 2 heterocycles. The standard InChI is InChI=1S/C18H22Cl2N4O5S/c1-10(26)22-30(28,29)24-6-5-14(11(8-24)9-25)21-18(27)16-7-12-15(23(16)2)4-3-13(19)17(12)20/h3-4,7,11,14,25H,5-6,8-9H2,1-2H3,(H,21,27)(H,22,26)/t11-,14-/m1/s1. The number of aryl methyl sites for hydroxylation is 1. The van der Waals surface area contributed by atoms with E-state index in [-0.39, 0.29) is 32.0 Å². The van der Waals surface area contributed by atoms with Crippen LogP contribution in [0.5, 0.6) is 0 Å². The molecule has 0 aliphatic carbocycles. The molecule has 3 rings (SSSR count). The van der Waals surface area contributed by atoms with Gasteiger partial charge in [-0.1, -0.05) is 23.2 Å². The Morgan fingerprint density at radius 2 is 2.00 bits per heavy atom. The van der Waals surface area contributed by atoms with Gasteiger partial charge in [-0.15, -0.1) is 0 Å². The number of halogens is 2. The van der Waals surface area contributed by atoms with Gasteiger partial charge in [0.25, 0.3) is 5.91 Å². The van der Waals surface area contributed by atoms with E-state index in [1.165, 1.54) is 0 Å². The molecule has 0 saturated carbocycles. The Morgan fingerprint density at radius 1 is 1.30 bits per heavy atom. The van der Waals surface area contributed by atoms with E-state index in [9.17, 15) is 23.1 Å². The van der Waals surface area contributed by atoms with Gasteiger partial charge in [-0.05, 0) is 24.6 Å². The normalized spacial score (nSPS) is 20.3. The van der Waals surface area contributed by atoms with E-state index in [1.807, 2.05) is 4.72 Å². The molecule has 2 amide bonds. The van der Waals surface area contributed by atoms with Crippen LogP contribution in [0.1, 0.15) is 23.8 Å². The lowest BCUT2D eigenvalue weighted by Crippen LogP contribution is -2.56. The number of carbonyl (C=O) groups is 2. The van der Waals surface area contributed by atoms with Crippen LogP contribution in [0.4, 0.5) is 0 Å². The Morgan fingerprint density at radius 3 is 2.63 bits per heavy atom. The van der Waals surface area contributed by atoms with E-state index in [0.29, 0.717) is 21.1 Å². The van der Waals surface area contributed by atoms with Crippen molar-refractivity contribution < 1.29 is 23.1 Å². The first-order valence-electron chi connectivity index (χ1n) is 9.18. The molecule has 1 aliphatic rings. The highest BCUT2D eigenvalue weighted by molar-refractivity contribution is 7.87. The van der Waals surface area contributed by atoms with Crippen molar-refractivity contribution in [1.82, 2.24) is 18.9 Å². The minimum Gasteiger partial charge on any atom is -0.396 e. The molecule has 1 aromatic carbocycles. The number of rotatable bonds is 5.